The molecule has 0 bridgehead atoms. The largest absolute Gasteiger partial charge is 0.491 e. The van der Waals surface area contributed by atoms with Crippen molar-refractivity contribution >= 4 is 44.8 Å². The molecule has 0 radical (unpaired) electrons. The second-order valence-electron chi connectivity index (χ2n) is 7.18. The first kappa shape index (κ1) is 24.9. The third kappa shape index (κ3) is 6.86. The summed E-state index contributed by atoms with van der Waals surface area (Å²) in [4.78, 5) is 20.2. The van der Waals surface area contributed by atoms with Crippen LogP contribution in [-0.4, -0.2) is 42.6 Å². The summed E-state index contributed by atoms with van der Waals surface area (Å²) in [6.07, 6.45) is 1.17. The van der Waals surface area contributed by atoms with E-state index in [2.05, 4.69) is 25.3 Å². The van der Waals surface area contributed by atoms with Crippen LogP contribution in [0.5, 0.6) is 11.6 Å². The summed E-state index contributed by atoms with van der Waals surface area (Å²) < 4.78 is 38.1. The van der Waals surface area contributed by atoms with Crippen molar-refractivity contribution in [3.05, 3.63) is 66.5 Å². The molecule has 0 saturated carbocycles. The van der Waals surface area contributed by atoms with Crippen LogP contribution >= 0.6 is 12.2 Å². The maximum absolute atomic E-state index is 12.6. The number of rotatable bonds is 8. The Morgan fingerprint density at radius 3 is 2.47 bits per heavy atom. The molecule has 3 rings (SSSR count). The third-order valence-corrected chi connectivity index (χ3v) is 5.78. The summed E-state index contributed by atoms with van der Waals surface area (Å²) >= 11 is 5.20. The average molecular weight is 502 g/mol. The molecule has 0 saturated heterocycles. The molecular weight excluding hydrogens is 478 g/mol. The Balaban J connectivity index is 1.61. The number of thiocarbonyl (C=S) groups is 1. The van der Waals surface area contributed by atoms with Crippen molar-refractivity contribution in [2.75, 3.05) is 17.1 Å². The highest BCUT2D eigenvalue weighted by Crippen LogP contribution is 2.19. The predicted molar refractivity (Wildman–Crippen MR) is 132 cm³/mol. The minimum atomic E-state index is -3.89. The van der Waals surface area contributed by atoms with Gasteiger partial charge in [0.1, 0.15) is 17.9 Å². The monoisotopic (exact) mass is 501 g/mol. The highest BCUT2D eigenvalue weighted by molar-refractivity contribution is 7.92. The second kappa shape index (κ2) is 10.9. The van der Waals surface area contributed by atoms with Gasteiger partial charge >= 0.3 is 0 Å². The molecule has 0 aliphatic heterocycles. The van der Waals surface area contributed by atoms with Gasteiger partial charge in [-0.3, -0.25) is 14.8 Å². The number of methoxy groups -OCH3 is 1. The van der Waals surface area contributed by atoms with Gasteiger partial charge in [0.25, 0.3) is 15.9 Å². The molecule has 0 fully saturated rings. The van der Waals surface area contributed by atoms with Crippen molar-refractivity contribution < 1.29 is 22.7 Å². The molecule has 3 aromatic rings. The standard InChI is InChI=1S/C22H23N5O5S2/c1-14(2)32-17-6-4-5-15(11-17)21(28)26-22(33)25-16-7-9-18(10-8-16)34(29,30)27-19-12-20(31-3)24-13-23-19/h4-14H,1-3H3,(H,23,24,27)(H2,25,26,28,33). The number of ether oxygens (including phenoxy) is 2. The van der Waals surface area contributed by atoms with E-state index in [0.29, 0.717) is 17.0 Å². The zero-order chi connectivity index (χ0) is 24.7. The lowest BCUT2D eigenvalue weighted by atomic mass is 10.2. The van der Waals surface area contributed by atoms with Gasteiger partial charge in [0.15, 0.2) is 5.11 Å². The van der Waals surface area contributed by atoms with E-state index >= 15 is 0 Å². The maximum Gasteiger partial charge on any atom is 0.263 e. The number of hydrogen-bond donors (Lipinski definition) is 3. The zero-order valence-corrected chi connectivity index (χ0v) is 20.2. The number of carbonyl (C=O) groups is 1. The number of carbonyl (C=O) groups excluding carboxylic acids is 1. The Morgan fingerprint density at radius 1 is 1.06 bits per heavy atom. The Labute approximate surface area is 202 Å². The molecule has 34 heavy (non-hydrogen) atoms. The lowest BCUT2D eigenvalue weighted by Gasteiger charge is -2.13. The van der Waals surface area contributed by atoms with Gasteiger partial charge in [-0.2, -0.15) is 0 Å². The van der Waals surface area contributed by atoms with E-state index in [1.165, 1.54) is 43.8 Å². The highest BCUT2D eigenvalue weighted by atomic mass is 32.2. The van der Waals surface area contributed by atoms with Crippen molar-refractivity contribution in [3.63, 3.8) is 0 Å². The van der Waals surface area contributed by atoms with Gasteiger partial charge in [0, 0.05) is 17.3 Å². The van der Waals surface area contributed by atoms with Crippen molar-refractivity contribution in [2.24, 2.45) is 0 Å². The topological polar surface area (TPSA) is 132 Å². The van der Waals surface area contributed by atoms with Crippen LogP contribution in [0.4, 0.5) is 11.5 Å². The van der Waals surface area contributed by atoms with E-state index in [0.717, 1.165) is 0 Å². The van der Waals surface area contributed by atoms with Crippen LogP contribution < -0.4 is 24.8 Å². The average Bonchev–Trinajstić information content (AvgIpc) is 2.79. The fourth-order valence-electron chi connectivity index (χ4n) is 2.74. The van der Waals surface area contributed by atoms with E-state index in [1.807, 2.05) is 13.8 Å². The molecule has 0 unspecified atom stereocenters. The van der Waals surface area contributed by atoms with Crippen LogP contribution in [0.15, 0.2) is 65.8 Å². The Morgan fingerprint density at radius 2 is 1.79 bits per heavy atom. The Hall–Kier alpha value is -3.77. The van der Waals surface area contributed by atoms with Crippen LogP contribution in [-0.2, 0) is 10.0 Å². The van der Waals surface area contributed by atoms with Crippen LogP contribution in [0.1, 0.15) is 24.2 Å². The van der Waals surface area contributed by atoms with E-state index < -0.39 is 15.9 Å². The second-order valence-corrected chi connectivity index (χ2v) is 9.27. The summed E-state index contributed by atoms with van der Waals surface area (Å²) in [5.41, 5.74) is 0.876. The summed E-state index contributed by atoms with van der Waals surface area (Å²) in [5, 5.41) is 5.49. The van der Waals surface area contributed by atoms with Gasteiger partial charge in [-0.15, -0.1) is 0 Å². The minimum Gasteiger partial charge on any atom is -0.491 e. The number of nitrogens with zero attached hydrogens (tertiary/aromatic N) is 2. The van der Waals surface area contributed by atoms with Crippen LogP contribution in [0.25, 0.3) is 0 Å². The molecule has 12 heteroatoms. The third-order valence-electron chi connectivity index (χ3n) is 4.21. The quantitative estimate of drug-likeness (QED) is 0.398. The molecule has 1 amide bonds. The van der Waals surface area contributed by atoms with Gasteiger partial charge in [-0.05, 0) is 68.5 Å². The van der Waals surface area contributed by atoms with E-state index in [4.69, 9.17) is 21.7 Å². The molecular formula is C22H23N5O5S2. The van der Waals surface area contributed by atoms with E-state index in [9.17, 15) is 13.2 Å². The summed E-state index contributed by atoms with van der Waals surface area (Å²) in [6, 6.07) is 13.9. The van der Waals surface area contributed by atoms with E-state index in [1.54, 1.807) is 24.3 Å². The van der Waals surface area contributed by atoms with Gasteiger partial charge in [0.2, 0.25) is 5.88 Å². The van der Waals surface area contributed by atoms with Crippen molar-refractivity contribution in [2.45, 2.75) is 24.8 Å². The van der Waals surface area contributed by atoms with E-state index in [-0.39, 0.29) is 27.8 Å². The number of amides is 1. The fourth-order valence-corrected chi connectivity index (χ4v) is 3.95. The number of anilines is 2. The van der Waals surface area contributed by atoms with Crippen LogP contribution in [0, 0.1) is 0 Å². The number of sulfonamides is 1. The maximum atomic E-state index is 12.6. The minimum absolute atomic E-state index is 0.00699. The van der Waals surface area contributed by atoms with Gasteiger partial charge in [-0.1, -0.05) is 6.07 Å². The first-order valence-corrected chi connectivity index (χ1v) is 11.9. The molecule has 0 spiro atoms. The zero-order valence-electron chi connectivity index (χ0n) is 18.6. The Kier molecular flexibility index (Phi) is 7.97. The number of hydrogen-bond acceptors (Lipinski definition) is 8. The fraction of sp³-hybridized carbons (Fsp3) is 0.182. The lowest BCUT2D eigenvalue weighted by molar-refractivity contribution is 0.0977. The van der Waals surface area contributed by atoms with Gasteiger partial charge in [0.05, 0.1) is 18.1 Å². The van der Waals surface area contributed by atoms with Crippen LogP contribution in [0.3, 0.4) is 0 Å². The summed E-state index contributed by atoms with van der Waals surface area (Å²) in [6.45, 7) is 3.79. The molecule has 3 N–H and O–H groups in total. The Bertz CT molecular complexity index is 1280. The summed E-state index contributed by atoms with van der Waals surface area (Å²) in [5.74, 6) is 0.463. The van der Waals surface area contributed by atoms with Crippen molar-refractivity contribution in [1.29, 1.82) is 0 Å². The molecule has 2 aromatic carbocycles. The predicted octanol–water partition coefficient (Wildman–Crippen LogP) is 3.20. The number of benzene rings is 2. The molecule has 1 aromatic heterocycles. The summed E-state index contributed by atoms with van der Waals surface area (Å²) in [7, 11) is -2.48. The molecule has 1 heterocycles. The molecule has 0 aliphatic carbocycles. The first-order valence-electron chi connectivity index (χ1n) is 10.0. The highest BCUT2D eigenvalue weighted by Gasteiger charge is 2.16. The number of nitrogens with one attached hydrogen (secondary N) is 3. The smallest absolute Gasteiger partial charge is 0.263 e. The van der Waals surface area contributed by atoms with Crippen molar-refractivity contribution in [3.8, 4) is 11.6 Å². The lowest BCUT2D eigenvalue weighted by Crippen LogP contribution is -2.34. The molecule has 0 aliphatic rings. The normalized spacial score (nSPS) is 10.9. The van der Waals surface area contributed by atoms with Gasteiger partial charge in [-0.25, -0.2) is 18.4 Å². The molecule has 0 atom stereocenters. The number of aromatic nitrogens is 2. The SMILES string of the molecule is COc1cc(NS(=O)(=O)c2ccc(NC(=S)NC(=O)c3cccc(OC(C)C)c3)cc2)ncn1. The molecule has 178 valence electrons. The first-order chi connectivity index (χ1) is 16.2. The molecule has 10 nitrogen and oxygen atoms in total. The van der Waals surface area contributed by atoms with Gasteiger partial charge < -0.3 is 14.8 Å². The van der Waals surface area contributed by atoms with Crippen molar-refractivity contribution in [1.82, 2.24) is 15.3 Å². The van der Waals surface area contributed by atoms with Crippen LogP contribution in [0.2, 0.25) is 0 Å².